The van der Waals surface area contributed by atoms with Crippen LogP contribution < -0.4 is 0 Å². The zero-order chi connectivity index (χ0) is 19.3. The standard InChI is InChI=1S/C20H18O6/c1-4-7-16(22)13-10-14(19(23)17-8-6-9-26-17)18(12(3)21)15(11-13)20(24)25-5-2/h4,6-11H,5H2,1-3H3/b7-4+. The van der Waals surface area contributed by atoms with Crippen molar-refractivity contribution in [3.8, 4) is 0 Å². The van der Waals surface area contributed by atoms with Gasteiger partial charge in [0, 0.05) is 16.7 Å². The van der Waals surface area contributed by atoms with E-state index in [1.807, 2.05) is 0 Å². The van der Waals surface area contributed by atoms with Crippen molar-refractivity contribution >= 4 is 23.3 Å². The van der Waals surface area contributed by atoms with E-state index in [0.29, 0.717) is 0 Å². The van der Waals surface area contributed by atoms with E-state index in [9.17, 15) is 19.2 Å². The lowest BCUT2D eigenvalue weighted by molar-refractivity contribution is 0.0523. The number of hydrogen-bond acceptors (Lipinski definition) is 6. The molecule has 134 valence electrons. The first-order valence-corrected chi connectivity index (χ1v) is 8.02. The fourth-order valence-corrected chi connectivity index (χ4v) is 2.50. The summed E-state index contributed by atoms with van der Waals surface area (Å²) in [5.41, 5.74) is -0.191. The molecule has 0 atom stereocenters. The number of allylic oxidation sites excluding steroid dienone is 2. The molecule has 0 radical (unpaired) electrons. The normalized spacial score (nSPS) is 10.7. The molecule has 26 heavy (non-hydrogen) atoms. The molecule has 2 aromatic rings. The Bertz CT molecular complexity index is 887. The van der Waals surface area contributed by atoms with E-state index in [4.69, 9.17) is 9.15 Å². The summed E-state index contributed by atoms with van der Waals surface area (Å²) >= 11 is 0. The molecule has 1 aromatic carbocycles. The van der Waals surface area contributed by atoms with Gasteiger partial charge in [-0.2, -0.15) is 0 Å². The zero-order valence-corrected chi connectivity index (χ0v) is 14.7. The van der Waals surface area contributed by atoms with Crippen LogP contribution in [0.3, 0.4) is 0 Å². The first-order chi connectivity index (χ1) is 12.4. The monoisotopic (exact) mass is 354 g/mol. The second-order valence-electron chi connectivity index (χ2n) is 5.39. The van der Waals surface area contributed by atoms with Gasteiger partial charge in [0.05, 0.1) is 18.4 Å². The van der Waals surface area contributed by atoms with Crippen LogP contribution in [0, 0.1) is 0 Å². The molecule has 0 aliphatic carbocycles. The number of Topliss-reactive ketones (excluding diaryl/α,β-unsaturated/α-hetero) is 1. The Balaban J connectivity index is 2.77. The smallest absolute Gasteiger partial charge is 0.338 e. The third-order valence-corrected chi connectivity index (χ3v) is 3.58. The van der Waals surface area contributed by atoms with E-state index in [1.54, 1.807) is 19.9 Å². The Morgan fingerprint density at radius 1 is 1.15 bits per heavy atom. The number of hydrogen-bond donors (Lipinski definition) is 0. The van der Waals surface area contributed by atoms with Gasteiger partial charge in [0.2, 0.25) is 5.78 Å². The van der Waals surface area contributed by atoms with Crippen LogP contribution in [0.25, 0.3) is 0 Å². The Morgan fingerprint density at radius 2 is 1.85 bits per heavy atom. The van der Waals surface area contributed by atoms with E-state index >= 15 is 0 Å². The number of carbonyl (C=O) groups excluding carboxylic acids is 4. The molecule has 6 nitrogen and oxygen atoms in total. The van der Waals surface area contributed by atoms with Gasteiger partial charge in [-0.05, 0) is 51.1 Å². The van der Waals surface area contributed by atoms with Gasteiger partial charge in [0.15, 0.2) is 17.3 Å². The predicted octanol–water partition coefficient (Wildman–Crippen LogP) is 3.65. The molecule has 0 fully saturated rings. The highest BCUT2D eigenvalue weighted by Crippen LogP contribution is 2.24. The van der Waals surface area contributed by atoms with Gasteiger partial charge in [-0.3, -0.25) is 14.4 Å². The molecular formula is C20H18O6. The molecule has 0 saturated heterocycles. The molecule has 1 aromatic heterocycles. The van der Waals surface area contributed by atoms with Crippen LogP contribution in [-0.4, -0.2) is 29.9 Å². The van der Waals surface area contributed by atoms with Crippen molar-refractivity contribution in [1.29, 1.82) is 0 Å². The van der Waals surface area contributed by atoms with Gasteiger partial charge < -0.3 is 9.15 Å². The molecule has 1 heterocycles. The second-order valence-corrected chi connectivity index (χ2v) is 5.39. The highest BCUT2D eigenvalue weighted by atomic mass is 16.5. The van der Waals surface area contributed by atoms with Crippen molar-refractivity contribution in [3.63, 3.8) is 0 Å². The Labute approximate surface area is 150 Å². The van der Waals surface area contributed by atoms with Crippen LogP contribution in [0.2, 0.25) is 0 Å². The van der Waals surface area contributed by atoms with Crippen molar-refractivity contribution in [2.24, 2.45) is 0 Å². The quantitative estimate of drug-likeness (QED) is 0.428. The molecule has 0 bridgehead atoms. The molecule has 0 aliphatic heterocycles. The number of furan rings is 1. The third kappa shape index (κ3) is 3.85. The second kappa shape index (κ2) is 8.20. The van der Waals surface area contributed by atoms with Crippen LogP contribution in [-0.2, 0) is 4.74 Å². The maximum absolute atomic E-state index is 12.8. The van der Waals surface area contributed by atoms with Crippen LogP contribution in [0.1, 0.15) is 68.0 Å². The van der Waals surface area contributed by atoms with Crippen LogP contribution >= 0.6 is 0 Å². The van der Waals surface area contributed by atoms with E-state index in [2.05, 4.69) is 0 Å². The van der Waals surface area contributed by atoms with Gasteiger partial charge in [0.1, 0.15) is 0 Å². The maximum atomic E-state index is 12.8. The van der Waals surface area contributed by atoms with Gasteiger partial charge in [-0.15, -0.1) is 0 Å². The minimum absolute atomic E-state index is 0.00191. The summed E-state index contributed by atoms with van der Waals surface area (Å²) in [7, 11) is 0. The number of carbonyl (C=O) groups is 4. The third-order valence-electron chi connectivity index (χ3n) is 3.58. The molecule has 0 spiro atoms. The molecule has 0 saturated carbocycles. The molecular weight excluding hydrogens is 336 g/mol. The lowest BCUT2D eigenvalue weighted by Gasteiger charge is -2.13. The fourth-order valence-electron chi connectivity index (χ4n) is 2.50. The fraction of sp³-hybridized carbons (Fsp3) is 0.200. The van der Waals surface area contributed by atoms with Crippen molar-refractivity contribution in [3.05, 3.63) is 70.7 Å². The van der Waals surface area contributed by atoms with Crippen molar-refractivity contribution in [2.45, 2.75) is 20.8 Å². The molecule has 0 aliphatic rings. The molecule has 0 N–H and O–H groups in total. The first-order valence-electron chi connectivity index (χ1n) is 8.02. The molecule has 2 rings (SSSR count). The number of ether oxygens (including phenoxy) is 1. The van der Waals surface area contributed by atoms with Gasteiger partial charge in [-0.25, -0.2) is 4.79 Å². The summed E-state index contributed by atoms with van der Waals surface area (Å²) < 4.78 is 10.1. The topological polar surface area (TPSA) is 90.7 Å². The Morgan fingerprint density at radius 3 is 2.38 bits per heavy atom. The van der Waals surface area contributed by atoms with E-state index in [-0.39, 0.29) is 34.6 Å². The van der Waals surface area contributed by atoms with E-state index in [1.165, 1.54) is 43.5 Å². The number of esters is 1. The molecule has 0 unspecified atom stereocenters. The predicted molar refractivity (Wildman–Crippen MR) is 93.7 cm³/mol. The van der Waals surface area contributed by atoms with E-state index < -0.39 is 23.3 Å². The van der Waals surface area contributed by atoms with Crippen LogP contribution in [0.15, 0.2) is 47.1 Å². The summed E-state index contributed by atoms with van der Waals surface area (Å²) in [4.78, 5) is 49.5. The lowest BCUT2D eigenvalue weighted by atomic mass is 9.90. The lowest BCUT2D eigenvalue weighted by Crippen LogP contribution is -2.18. The number of benzene rings is 1. The summed E-state index contributed by atoms with van der Waals surface area (Å²) in [5.74, 6) is -2.27. The maximum Gasteiger partial charge on any atom is 0.338 e. The van der Waals surface area contributed by atoms with Gasteiger partial charge >= 0.3 is 5.97 Å². The largest absolute Gasteiger partial charge is 0.462 e. The van der Waals surface area contributed by atoms with Gasteiger partial charge in [-0.1, -0.05) is 6.08 Å². The first kappa shape index (κ1) is 19.1. The highest BCUT2D eigenvalue weighted by Gasteiger charge is 2.27. The van der Waals surface area contributed by atoms with Gasteiger partial charge in [0.25, 0.3) is 0 Å². The van der Waals surface area contributed by atoms with Crippen molar-refractivity contribution in [2.75, 3.05) is 6.61 Å². The minimum Gasteiger partial charge on any atom is -0.462 e. The summed E-state index contributed by atoms with van der Waals surface area (Å²) in [6, 6.07) is 5.54. The van der Waals surface area contributed by atoms with Crippen molar-refractivity contribution in [1.82, 2.24) is 0 Å². The van der Waals surface area contributed by atoms with Crippen molar-refractivity contribution < 1.29 is 28.3 Å². The van der Waals surface area contributed by atoms with E-state index in [0.717, 1.165) is 0 Å². The zero-order valence-electron chi connectivity index (χ0n) is 14.7. The van der Waals surface area contributed by atoms with Crippen LogP contribution in [0.4, 0.5) is 0 Å². The molecule has 0 amide bonds. The molecule has 6 heteroatoms. The number of rotatable bonds is 7. The average molecular weight is 354 g/mol. The summed E-state index contributed by atoms with van der Waals surface area (Å²) in [5, 5.41) is 0. The summed E-state index contributed by atoms with van der Waals surface area (Å²) in [6.45, 7) is 4.62. The average Bonchev–Trinajstić information content (AvgIpc) is 3.14. The number of ketones is 3. The highest BCUT2D eigenvalue weighted by molar-refractivity contribution is 6.19. The SMILES string of the molecule is C/C=C/C(=O)c1cc(C(=O)OCC)c(C(C)=O)c(C(=O)c2ccco2)c1. The van der Waals surface area contributed by atoms with Crippen LogP contribution in [0.5, 0.6) is 0 Å². The Kier molecular flexibility index (Phi) is 6.01. The summed E-state index contributed by atoms with van der Waals surface area (Å²) in [6.07, 6.45) is 4.17. The Hall–Kier alpha value is -3.28. The minimum atomic E-state index is -0.777.